The number of aliphatic hydroxyl groups is 1. The second-order valence-electron chi connectivity index (χ2n) is 5.70. The van der Waals surface area contributed by atoms with Gasteiger partial charge in [-0.3, -0.25) is 0 Å². The van der Waals surface area contributed by atoms with Crippen molar-refractivity contribution in [2.75, 3.05) is 13.2 Å². The van der Waals surface area contributed by atoms with E-state index in [4.69, 9.17) is 10.8 Å². The van der Waals surface area contributed by atoms with Gasteiger partial charge in [-0.25, -0.2) is 4.79 Å². The van der Waals surface area contributed by atoms with Crippen LogP contribution in [-0.4, -0.2) is 33.9 Å². The first-order chi connectivity index (χ1) is 10.5. The Morgan fingerprint density at radius 3 is 2.59 bits per heavy atom. The highest BCUT2D eigenvalue weighted by Crippen LogP contribution is 2.31. The molecule has 1 aromatic heterocycles. The van der Waals surface area contributed by atoms with Crippen molar-refractivity contribution in [2.45, 2.75) is 39.7 Å². The molecule has 5 nitrogen and oxygen atoms in total. The molecule has 0 radical (unpaired) electrons. The molecule has 0 spiro atoms. The molecule has 5 heteroatoms. The molecule has 0 aliphatic heterocycles. The van der Waals surface area contributed by atoms with Gasteiger partial charge in [0.1, 0.15) is 0 Å². The molecule has 1 heterocycles. The summed E-state index contributed by atoms with van der Waals surface area (Å²) in [5, 5.41) is 19.7. The Labute approximate surface area is 130 Å². The lowest BCUT2D eigenvalue weighted by Gasteiger charge is -2.10. The maximum absolute atomic E-state index is 11.6. The Hall–Kier alpha value is -1.85. The molecule has 0 bridgehead atoms. The normalized spacial score (nSPS) is 11.3. The first kappa shape index (κ1) is 16.5. The van der Waals surface area contributed by atoms with E-state index >= 15 is 0 Å². The highest BCUT2D eigenvalue weighted by atomic mass is 16.4. The Bertz CT molecular complexity index is 689. The van der Waals surface area contributed by atoms with Crippen LogP contribution in [0, 0.1) is 13.8 Å². The van der Waals surface area contributed by atoms with Gasteiger partial charge in [-0.15, -0.1) is 0 Å². The summed E-state index contributed by atoms with van der Waals surface area (Å²) in [7, 11) is 0. The van der Waals surface area contributed by atoms with Crippen LogP contribution in [-0.2, 0) is 13.0 Å². The molecule has 2 rings (SSSR count). The molecule has 1 aromatic carbocycles. The quantitative estimate of drug-likeness (QED) is 0.732. The molecule has 0 amide bonds. The minimum atomic E-state index is -0.915. The molecular formula is C17H24N2O3. The number of hydrogen-bond donors (Lipinski definition) is 3. The predicted molar refractivity (Wildman–Crippen MR) is 87.4 cm³/mol. The monoisotopic (exact) mass is 304 g/mol. The molecule has 0 unspecified atom stereocenters. The number of carboxylic acid groups (broad SMARTS) is 1. The number of aryl methyl sites for hydroxylation is 3. The highest BCUT2D eigenvalue weighted by Gasteiger charge is 2.20. The highest BCUT2D eigenvalue weighted by molar-refractivity contribution is 6.04. The van der Waals surface area contributed by atoms with Crippen LogP contribution in [0.25, 0.3) is 10.9 Å². The first-order valence-electron chi connectivity index (χ1n) is 7.67. The van der Waals surface area contributed by atoms with E-state index in [2.05, 4.69) is 6.07 Å². The number of aliphatic hydroxyl groups excluding tert-OH is 1. The fourth-order valence-electron chi connectivity index (χ4n) is 3.09. The Morgan fingerprint density at radius 2 is 2.00 bits per heavy atom. The van der Waals surface area contributed by atoms with Crippen LogP contribution >= 0.6 is 0 Å². The number of carboxylic acids is 1. The van der Waals surface area contributed by atoms with Crippen molar-refractivity contribution in [2.24, 2.45) is 5.73 Å². The largest absolute Gasteiger partial charge is 0.478 e. The van der Waals surface area contributed by atoms with Crippen LogP contribution < -0.4 is 5.73 Å². The summed E-state index contributed by atoms with van der Waals surface area (Å²) in [6, 6.07) is 3.77. The van der Waals surface area contributed by atoms with Crippen LogP contribution in [0.1, 0.15) is 40.0 Å². The number of fused-ring (bicyclic) bond motifs is 1. The van der Waals surface area contributed by atoms with Gasteiger partial charge in [-0.1, -0.05) is 0 Å². The number of nitrogens with two attached hydrogens (primary N) is 1. The van der Waals surface area contributed by atoms with Crippen LogP contribution in [0.2, 0.25) is 0 Å². The number of benzene rings is 1. The summed E-state index contributed by atoms with van der Waals surface area (Å²) in [6.07, 6.45) is 2.32. The summed E-state index contributed by atoms with van der Waals surface area (Å²) in [4.78, 5) is 11.6. The van der Waals surface area contributed by atoms with Crippen LogP contribution in [0.5, 0.6) is 0 Å². The smallest absolute Gasteiger partial charge is 0.337 e. The fraction of sp³-hybridized carbons (Fsp3) is 0.471. The molecule has 0 saturated carbocycles. The minimum absolute atomic E-state index is 0.0888. The molecule has 0 fully saturated rings. The summed E-state index contributed by atoms with van der Waals surface area (Å²) in [5.41, 5.74) is 9.91. The average Bonchev–Trinajstić information content (AvgIpc) is 2.73. The number of hydrogen-bond acceptors (Lipinski definition) is 3. The maximum atomic E-state index is 11.6. The number of nitrogens with zero attached hydrogens (tertiary/aromatic N) is 1. The van der Waals surface area contributed by atoms with Gasteiger partial charge in [0.05, 0.1) is 11.1 Å². The van der Waals surface area contributed by atoms with Gasteiger partial charge >= 0.3 is 5.97 Å². The SMILES string of the molecule is Cc1cc(C(=O)O)c2c(c1)c(CCCN)c(C)n2CCCO. The van der Waals surface area contributed by atoms with E-state index < -0.39 is 5.97 Å². The van der Waals surface area contributed by atoms with Gasteiger partial charge < -0.3 is 20.5 Å². The number of aromatic carboxylic acids is 1. The molecule has 4 N–H and O–H groups in total. The predicted octanol–water partition coefficient (Wildman–Crippen LogP) is 2.23. The third-order valence-electron chi connectivity index (χ3n) is 4.09. The van der Waals surface area contributed by atoms with Crippen molar-refractivity contribution in [3.05, 3.63) is 34.5 Å². The Morgan fingerprint density at radius 1 is 1.27 bits per heavy atom. The molecule has 2 aromatic rings. The lowest BCUT2D eigenvalue weighted by molar-refractivity contribution is 0.0698. The van der Waals surface area contributed by atoms with Crippen LogP contribution in [0.4, 0.5) is 0 Å². The van der Waals surface area contributed by atoms with Gasteiger partial charge in [0, 0.05) is 24.2 Å². The second kappa shape index (κ2) is 6.94. The summed E-state index contributed by atoms with van der Waals surface area (Å²) in [5.74, 6) is -0.915. The minimum Gasteiger partial charge on any atom is -0.478 e. The standard InChI is InChI=1S/C17H24N2O3/c1-11-9-14-13(5-3-6-18)12(2)19(7-4-8-20)16(14)15(10-11)17(21)22/h9-10,20H,3-8,18H2,1-2H3,(H,21,22). The van der Waals surface area contributed by atoms with Crippen LogP contribution in [0.3, 0.4) is 0 Å². The van der Waals surface area contributed by atoms with Gasteiger partial charge in [0.25, 0.3) is 0 Å². The molecule has 0 aliphatic carbocycles. The van der Waals surface area contributed by atoms with E-state index in [0.29, 0.717) is 25.1 Å². The summed E-state index contributed by atoms with van der Waals surface area (Å²) in [6.45, 7) is 5.25. The van der Waals surface area contributed by atoms with E-state index in [-0.39, 0.29) is 6.61 Å². The molecule has 0 aliphatic rings. The van der Waals surface area contributed by atoms with Crippen molar-refractivity contribution < 1.29 is 15.0 Å². The lowest BCUT2D eigenvalue weighted by atomic mass is 10.0. The second-order valence-corrected chi connectivity index (χ2v) is 5.70. The van der Waals surface area contributed by atoms with Crippen molar-refractivity contribution in [1.29, 1.82) is 0 Å². The van der Waals surface area contributed by atoms with Gasteiger partial charge in [0.15, 0.2) is 0 Å². The topological polar surface area (TPSA) is 88.5 Å². The van der Waals surface area contributed by atoms with E-state index in [1.54, 1.807) is 6.07 Å². The third kappa shape index (κ3) is 3.00. The van der Waals surface area contributed by atoms with Gasteiger partial charge in [-0.2, -0.15) is 0 Å². The Kier molecular flexibility index (Phi) is 5.21. The zero-order chi connectivity index (χ0) is 16.3. The Balaban J connectivity index is 2.73. The molecule has 22 heavy (non-hydrogen) atoms. The first-order valence-corrected chi connectivity index (χ1v) is 7.67. The van der Waals surface area contributed by atoms with Crippen molar-refractivity contribution in [3.8, 4) is 0 Å². The number of aromatic nitrogens is 1. The van der Waals surface area contributed by atoms with Crippen LogP contribution in [0.15, 0.2) is 12.1 Å². The van der Waals surface area contributed by atoms with Crippen molar-refractivity contribution in [1.82, 2.24) is 4.57 Å². The van der Waals surface area contributed by atoms with E-state index in [1.165, 1.54) is 5.56 Å². The molecule has 0 atom stereocenters. The van der Waals surface area contributed by atoms with Gasteiger partial charge in [-0.05, 0) is 62.9 Å². The molecular weight excluding hydrogens is 280 g/mol. The number of rotatable bonds is 7. The fourth-order valence-corrected chi connectivity index (χ4v) is 3.09. The molecule has 0 saturated heterocycles. The molecule has 120 valence electrons. The maximum Gasteiger partial charge on any atom is 0.337 e. The van der Waals surface area contributed by atoms with E-state index in [0.717, 1.165) is 35.0 Å². The van der Waals surface area contributed by atoms with Crippen molar-refractivity contribution >= 4 is 16.9 Å². The number of carbonyl (C=O) groups is 1. The summed E-state index contributed by atoms with van der Waals surface area (Å²) >= 11 is 0. The van der Waals surface area contributed by atoms with E-state index in [1.807, 2.05) is 18.4 Å². The third-order valence-corrected chi connectivity index (χ3v) is 4.09. The summed E-state index contributed by atoms with van der Waals surface area (Å²) < 4.78 is 2.03. The zero-order valence-electron chi connectivity index (χ0n) is 13.2. The van der Waals surface area contributed by atoms with Crippen molar-refractivity contribution in [3.63, 3.8) is 0 Å². The zero-order valence-corrected chi connectivity index (χ0v) is 13.2. The van der Waals surface area contributed by atoms with E-state index in [9.17, 15) is 9.90 Å². The average molecular weight is 304 g/mol. The lowest BCUT2D eigenvalue weighted by Crippen LogP contribution is -2.07. The van der Waals surface area contributed by atoms with Gasteiger partial charge in [0.2, 0.25) is 0 Å².